The molecule has 0 bridgehead atoms. The number of anilines is 1. The molecule has 0 fully saturated rings. The molecule has 142 valence electrons. The maximum Gasteiger partial charge on any atom is 0.161 e. The minimum atomic E-state index is -0.526. The van der Waals surface area contributed by atoms with Crippen LogP contribution in [0.1, 0.15) is 28.4 Å². The van der Waals surface area contributed by atoms with Crippen LogP contribution in [-0.4, -0.2) is 45.8 Å². The first-order valence-electron chi connectivity index (χ1n) is 9.22. The van der Waals surface area contributed by atoms with Gasteiger partial charge in [0.15, 0.2) is 5.65 Å². The number of aryl methyl sites for hydroxylation is 2. The van der Waals surface area contributed by atoms with Crippen molar-refractivity contribution in [2.75, 3.05) is 30.5 Å². The van der Waals surface area contributed by atoms with Crippen LogP contribution in [0.2, 0.25) is 0 Å². The normalized spacial score (nSPS) is 19.0. The van der Waals surface area contributed by atoms with Crippen LogP contribution in [0.25, 0.3) is 5.65 Å². The number of hydrogen-bond donors (Lipinski definition) is 2. The Bertz CT molecular complexity index is 969. The van der Waals surface area contributed by atoms with Crippen molar-refractivity contribution in [2.24, 2.45) is 0 Å². The molecule has 0 saturated heterocycles. The number of pyridine rings is 1. The number of ether oxygens (including phenoxy) is 1. The molecule has 1 aliphatic rings. The van der Waals surface area contributed by atoms with E-state index in [-0.39, 0.29) is 5.92 Å². The Hall–Kier alpha value is -2.18. The number of fused-ring (bicyclic) bond motifs is 3. The summed E-state index contributed by atoms with van der Waals surface area (Å²) in [7, 11) is 0. The monoisotopic (exact) mass is 383 g/mol. The fourth-order valence-corrected chi connectivity index (χ4v) is 4.05. The molecule has 2 aromatic heterocycles. The van der Waals surface area contributed by atoms with Crippen LogP contribution in [0.5, 0.6) is 5.75 Å². The molecule has 3 aromatic rings. The zero-order valence-corrected chi connectivity index (χ0v) is 16.7. The zero-order chi connectivity index (χ0) is 19.0. The van der Waals surface area contributed by atoms with Gasteiger partial charge in [0.1, 0.15) is 5.75 Å². The fourth-order valence-electron chi connectivity index (χ4n) is 3.80. The molecule has 1 aromatic carbocycles. The maximum atomic E-state index is 10.8. The first-order valence-corrected chi connectivity index (χ1v) is 10.6. The van der Waals surface area contributed by atoms with E-state index in [0.29, 0.717) is 13.2 Å². The Morgan fingerprint density at radius 3 is 2.89 bits per heavy atom. The lowest BCUT2D eigenvalue weighted by Crippen LogP contribution is -2.33. The summed E-state index contributed by atoms with van der Waals surface area (Å²) in [5.74, 6) is 1.64. The predicted octanol–water partition coefficient (Wildman–Crippen LogP) is 3.61. The van der Waals surface area contributed by atoms with E-state index < -0.39 is 6.10 Å². The van der Waals surface area contributed by atoms with Crippen LogP contribution in [0.3, 0.4) is 0 Å². The number of aliphatic hydroxyl groups excluding tert-OH is 1. The first kappa shape index (κ1) is 18.2. The summed E-state index contributed by atoms with van der Waals surface area (Å²) in [6.45, 7) is 5.25. The molecular weight excluding hydrogens is 358 g/mol. The van der Waals surface area contributed by atoms with Crippen molar-refractivity contribution < 1.29 is 9.84 Å². The summed E-state index contributed by atoms with van der Waals surface area (Å²) in [6, 6.07) is 10.1. The van der Waals surface area contributed by atoms with Crippen molar-refractivity contribution >= 4 is 23.1 Å². The van der Waals surface area contributed by atoms with Gasteiger partial charge in [-0.05, 0) is 37.8 Å². The van der Waals surface area contributed by atoms with Crippen molar-refractivity contribution in [3.05, 3.63) is 59.0 Å². The van der Waals surface area contributed by atoms with E-state index in [1.54, 1.807) is 11.8 Å². The van der Waals surface area contributed by atoms with Gasteiger partial charge in [0.2, 0.25) is 0 Å². The lowest BCUT2D eigenvalue weighted by Gasteiger charge is -2.32. The van der Waals surface area contributed by atoms with Crippen molar-refractivity contribution in [1.82, 2.24) is 9.38 Å². The molecular formula is C21H25N3O2S. The van der Waals surface area contributed by atoms with E-state index in [2.05, 4.69) is 35.0 Å². The van der Waals surface area contributed by atoms with E-state index in [0.717, 1.165) is 45.4 Å². The SMILES string of the molecule is CSCCOc1ccccc1[C@H]1c2ccn3c(C)c(C)nc3c2NC[C@@H]1O. The average molecular weight is 384 g/mol. The standard InChI is InChI=1S/C21H25N3O2S/c1-13-14(2)24-9-8-16-19(17(25)12-22-20(16)21(24)23-13)15-6-4-5-7-18(15)26-10-11-27-3/h4-9,17,19,22,25H,10-12H2,1-3H3/t17-,19-/m0/s1. The quantitative estimate of drug-likeness (QED) is 0.659. The second kappa shape index (κ2) is 7.44. The van der Waals surface area contributed by atoms with Crippen LogP contribution in [0.15, 0.2) is 36.5 Å². The molecule has 6 heteroatoms. The third-order valence-corrected chi connectivity index (χ3v) is 5.88. The number of imidazole rings is 1. The molecule has 4 rings (SSSR count). The first-order chi connectivity index (χ1) is 13.1. The lowest BCUT2D eigenvalue weighted by atomic mass is 9.83. The highest BCUT2D eigenvalue weighted by Gasteiger charge is 2.33. The zero-order valence-electron chi connectivity index (χ0n) is 15.9. The van der Waals surface area contributed by atoms with Crippen LogP contribution in [0, 0.1) is 13.8 Å². The average Bonchev–Trinajstić information content (AvgIpc) is 2.97. The molecule has 5 nitrogen and oxygen atoms in total. The number of nitrogens with zero attached hydrogens (tertiary/aromatic N) is 2. The van der Waals surface area contributed by atoms with Gasteiger partial charge in [0.25, 0.3) is 0 Å². The van der Waals surface area contributed by atoms with Gasteiger partial charge in [-0.1, -0.05) is 18.2 Å². The Balaban J connectivity index is 1.82. The third kappa shape index (κ3) is 3.17. The Morgan fingerprint density at radius 2 is 2.07 bits per heavy atom. The highest BCUT2D eigenvalue weighted by Crippen LogP contribution is 2.42. The summed E-state index contributed by atoms with van der Waals surface area (Å²) >= 11 is 1.76. The van der Waals surface area contributed by atoms with Gasteiger partial charge in [-0.25, -0.2) is 4.98 Å². The number of para-hydroxylation sites is 1. The molecule has 0 amide bonds. The van der Waals surface area contributed by atoms with E-state index in [9.17, 15) is 5.11 Å². The third-order valence-electron chi connectivity index (χ3n) is 5.31. The molecule has 0 aliphatic carbocycles. The summed E-state index contributed by atoms with van der Waals surface area (Å²) in [4.78, 5) is 4.75. The van der Waals surface area contributed by atoms with E-state index in [1.165, 1.54) is 0 Å². The minimum Gasteiger partial charge on any atom is -0.492 e. The smallest absolute Gasteiger partial charge is 0.161 e. The van der Waals surface area contributed by atoms with Crippen LogP contribution in [-0.2, 0) is 0 Å². The van der Waals surface area contributed by atoms with Gasteiger partial charge < -0.3 is 19.6 Å². The summed E-state index contributed by atoms with van der Waals surface area (Å²) in [5.41, 5.74) is 6.17. The largest absolute Gasteiger partial charge is 0.492 e. The number of aliphatic hydroxyl groups is 1. The minimum absolute atomic E-state index is 0.144. The van der Waals surface area contributed by atoms with Crippen LogP contribution >= 0.6 is 11.8 Å². The number of β-amino-alcohol motifs (C(OH)–C–C–N with tert-alkyl or cyclic N) is 1. The van der Waals surface area contributed by atoms with E-state index in [1.807, 2.05) is 31.3 Å². The van der Waals surface area contributed by atoms with Crippen LogP contribution in [0.4, 0.5) is 5.69 Å². The highest BCUT2D eigenvalue weighted by molar-refractivity contribution is 7.98. The number of aromatic nitrogens is 2. The Morgan fingerprint density at radius 1 is 1.26 bits per heavy atom. The summed E-state index contributed by atoms with van der Waals surface area (Å²) < 4.78 is 8.14. The van der Waals surface area contributed by atoms with Crippen LogP contribution < -0.4 is 10.1 Å². The molecule has 3 heterocycles. The molecule has 27 heavy (non-hydrogen) atoms. The van der Waals surface area contributed by atoms with E-state index in [4.69, 9.17) is 9.72 Å². The second-order valence-corrected chi connectivity index (χ2v) is 7.91. The molecule has 0 spiro atoms. The lowest BCUT2D eigenvalue weighted by molar-refractivity contribution is 0.163. The van der Waals surface area contributed by atoms with Crippen molar-refractivity contribution in [1.29, 1.82) is 0 Å². The van der Waals surface area contributed by atoms with Gasteiger partial charge in [0, 0.05) is 35.7 Å². The number of hydrogen-bond acceptors (Lipinski definition) is 5. The molecule has 0 unspecified atom stereocenters. The summed E-state index contributed by atoms with van der Waals surface area (Å²) in [5, 5.41) is 14.2. The number of thioether (sulfide) groups is 1. The topological polar surface area (TPSA) is 58.8 Å². The molecule has 0 radical (unpaired) electrons. The van der Waals surface area contributed by atoms with Crippen molar-refractivity contribution in [3.8, 4) is 5.75 Å². The van der Waals surface area contributed by atoms with Gasteiger partial charge in [-0.15, -0.1) is 0 Å². The predicted molar refractivity (Wildman–Crippen MR) is 111 cm³/mol. The molecule has 2 atom stereocenters. The Labute approximate surface area is 163 Å². The summed E-state index contributed by atoms with van der Waals surface area (Å²) in [6.07, 6.45) is 3.59. The fraction of sp³-hybridized carbons (Fsp3) is 0.381. The maximum absolute atomic E-state index is 10.8. The van der Waals surface area contributed by atoms with Gasteiger partial charge in [-0.3, -0.25) is 0 Å². The highest BCUT2D eigenvalue weighted by atomic mass is 32.2. The van der Waals surface area contributed by atoms with Crippen molar-refractivity contribution in [2.45, 2.75) is 25.9 Å². The second-order valence-electron chi connectivity index (χ2n) is 6.93. The van der Waals surface area contributed by atoms with Gasteiger partial charge >= 0.3 is 0 Å². The number of nitrogens with one attached hydrogen (secondary N) is 1. The van der Waals surface area contributed by atoms with Gasteiger partial charge in [0.05, 0.1) is 24.1 Å². The number of rotatable bonds is 5. The Kier molecular flexibility index (Phi) is 5.02. The van der Waals surface area contributed by atoms with E-state index >= 15 is 0 Å². The molecule has 1 aliphatic heterocycles. The molecule has 2 N–H and O–H groups in total. The number of benzene rings is 1. The van der Waals surface area contributed by atoms with Crippen molar-refractivity contribution in [3.63, 3.8) is 0 Å². The molecule has 0 saturated carbocycles. The van der Waals surface area contributed by atoms with Gasteiger partial charge in [-0.2, -0.15) is 11.8 Å².